The second-order valence-electron chi connectivity index (χ2n) is 4.96. The summed E-state index contributed by atoms with van der Waals surface area (Å²) in [7, 11) is 1.89. The number of carbonyl (C=O) groups excluding carboxylic acids is 1. The Morgan fingerprint density at radius 2 is 2.05 bits per heavy atom. The number of nitrogens with zero attached hydrogens (tertiary/aromatic N) is 2. The molecule has 0 aliphatic carbocycles. The SMILES string of the molecule is CCCNc1ccccc1C(=O)NCCc1ccn(C)n1. The molecule has 2 aromatic rings. The molecule has 1 aromatic heterocycles. The third kappa shape index (κ3) is 4.34. The predicted molar refractivity (Wildman–Crippen MR) is 84.5 cm³/mol. The van der Waals surface area contributed by atoms with E-state index in [9.17, 15) is 4.79 Å². The number of benzene rings is 1. The summed E-state index contributed by atoms with van der Waals surface area (Å²) in [5.74, 6) is -0.0508. The maximum atomic E-state index is 12.2. The lowest BCUT2D eigenvalue weighted by molar-refractivity contribution is 0.0955. The molecular weight excluding hydrogens is 264 g/mol. The average molecular weight is 286 g/mol. The lowest BCUT2D eigenvalue weighted by Gasteiger charge is -2.11. The second-order valence-corrected chi connectivity index (χ2v) is 4.96. The number of aryl methyl sites for hydroxylation is 1. The van der Waals surface area contributed by atoms with Crippen molar-refractivity contribution in [2.45, 2.75) is 19.8 Å². The summed E-state index contributed by atoms with van der Waals surface area (Å²) in [6, 6.07) is 9.55. The van der Waals surface area contributed by atoms with Gasteiger partial charge >= 0.3 is 0 Å². The average Bonchev–Trinajstić information content (AvgIpc) is 2.91. The van der Waals surface area contributed by atoms with Crippen molar-refractivity contribution in [2.75, 3.05) is 18.4 Å². The van der Waals surface area contributed by atoms with E-state index in [0.717, 1.165) is 30.8 Å². The molecule has 21 heavy (non-hydrogen) atoms. The van der Waals surface area contributed by atoms with Crippen LogP contribution in [0.1, 0.15) is 29.4 Å². The zero-order valence-corrected chi connectivity index (χ0v) is 12.6. The van der Waals surface area contributed by atoms with Crippen LogP contribution in [0.4, 0.5) is 5.69 Å². The maximum absolute atomic E-state index is 12.2. The molecule has 2 N–H and O–H groups in total. The highest BCUT2D eigenvalue weighted by Crippen LogP contribution is 2.14. The van der Waals surface area contributed by atoms with Gasteiger partial charge in [-0.05, 0) is 24.6 Å². The summed E-state index contributed by atoms with van der Waals surface area (Å²) in [5.41, 5.74) is 2.55. The summed E-state index contributed by atoms with van der Waals surface area (Å²) < 4.78 is 1.77. The number of rotatable bonds is 7. The Morgan fingerprint density at radius 1 is 1.24 bits per heavy atom. The lowest BCUT2D eigenvalue weighted by Crippen LogP contribution is -2.26. The Morgan fingerprint density at radius 3 is 2.76 bits per heavy atom. The first-order chi connectivity index (χ1) is 10.2. The van der Waals surface area contributed by atoms with Crippen LogP contribution in [0.25, 0.3) is 0 Å². The van der Waals surface area contributed by atoms with Crippen LogP contribution in [0.3, 0.4) is 0 Å². The van der Waals surface area contributed by atoms with Crippen LogP contribution in [-0.4, -0.2) is 28.8 Å². The third-order valence-corrected chi connectivity index (χ3v) is 3.17. The first kappa shape index (κ1) is 15.1. The molecule has 0 fully saturated rings. The molecule has 1 heterocycles. The number of aromatic nitrogens is 2. The number of anilines is 1. The van der Waals surface area contributed by atoms with Gasteiger partial charge in [0.15, 0.2) is 0 Å². The number of hydrogen-bond donors (Lipinski definition) is 2. The van der Waals surface area contributed by atoms with Gasteiger partial charge in [0, 0.05) is 38.4 Å². The van der Waals surface area contributed by atoms with Crippen molar-refractivity contribution in [1.29, 1.82) is 0 Å². The summed E-state index contributed by atoms with van der Waals surface area (Å²) in [6.45, 7) is 3.54. The first-order valence-electron chi connectivity index (χ1n) is 7.30. The summed E-state index contributed by atoms with van der Waals surface area (Å²) in [4.78, 5) is 12.2. The molecule has 1 amide bonds. The maximum Gasteiger partial charge on any atom is 0.253 e. The van der Waals surface area contributed by atoms with E-state index in [1.54, 1.807) is 4.68 Å². The number of para-hydroxylation sites is 1. The van der Waals surface area contributed by atoms with E-state index in [4.69, 9.17) is 0 Å². The molecule has 0 saturated carbocycles. The monoisotopic (exact) mass is 286 g/mol. The largest absolute Gasteiger partial charge is 0.384 e. The highest BCUT2D eigenvalue weighted by Gasteiger charge is 2.10. The third-order valence-electron chi connectivity index (χ3n) is 3.17. The number of amides is 1. The fourth-order valence-electron chi connectivity index (χ4n) is 2.09. The van der Waals surface area contributed by atoms with Gasteiger partial charge in [0.05, 0.1) is 11.3 Å². The molecule has 0 unspecified atom stereocenters. The van der Waals surface area contributed by atoms with E-state index in [1.165, 1.54) is 0 Å². The Balaban J connectivity index is 1.90. The smallest absolute Gasteiger partial charge is 0.253 e. The van der Waals surface area contributed by atoms with Crippen LogP contribution in [0.2, 0.25) is 0 Å². The molecule has 2 rings (SSSR count). The Hall–Kier alpha value is -2.30. The first-order valence-corrected chi connectivity index (χ1v) is 7.30. The lowest BCUT2D eigenvalue weighted by atomic mass is 10.1. The summed E-state index contributed by atoms with van der Waals surface area (Å²) >= 11 is 0. The van der Waals surface area contributed by atoms with E-state index in [2.05, 4.69) is 22.7 Å². The zero-order chi connectivity index (χ0) is 15.1. The summed E-state index contributed by atoms with van der Waals surface area (Å²) in [6.07, 6.45) is 3.66. The zero-order valence-electron chi connectivity index (χ0n) is 12.6. The van der Waals surface area contributed by atoms with E-state index in [-0.39, 0.29) is 5.91 Å². The molecule has 0 radical (unpaired) electrons. The van der Waals surface area contributed by atoms with Crippen molar-refractivity contribution in [1.82, 2.24) is 15.1 Å². The normalized spacial score (nSPS) is 10.4. The molecule has 0 saturated heterocycles. The second kappa shape index (κ2) is 7.47. The van der Waals surface area contributed by atoms with Gasteiger partial charge in [0.1, 0.15) is 0 Å². The van der Waals surface area contributed by atoms with Gasteiger partial charge in [-0.2, -0.15) is 5.10 Å². The molecule has 0 atom stereocenters. The van der Waals surface area contributed by atoms with Gasteiger partial charge in [-0.15, -0.1) is 0 Å². The van der Waals surface area contributed by atoms with E-state index >= 15 is 0 Å². The molecule has 5 nitrogen and oxygen atoms in total. The standard InChI is InChI=1S/C16H22N4O/c1-3-10-17-15-7-5-4-6-14(15)16(21)18-11-8-13-9-12-20(2)19-13/h4-7,9,12,17H,3,8,10-11H2,1-2H3,(H,18,21). The van der Waals surface area contributed by atoms with Crippen LogP contribution < -0.4 is 10.6 Å². The van der Waals surface area contributed by atoms with Gasteiger partial charge in [0.25, 0.3) is 5.91 Å². The Bertz CT molecular complexity index is 591. The predicted octanol–water partition coefficient (Wildman–Crippen LogP) is 2.21. The van der Waals surface area contributed by atoms with Crippen LogP contribution in [0, 0.1) is 0 Å². The van der Waals surface area contributed by atoms with Crippen molar-refractivity contribution < 1.29 is 4.79 Å². The Kier molecular flexibility index (Phi) is 5.37. The van der Waals surface area contributed by atoms with E-state index in [0.29, 0.717) is 12.1 Å². The highest BCUT2D eigenvalue weighted by molar-refractivity contribution is 5.99. The van der Waals surface area contributed by atoms with Crippen molar-refractivity contribution in [3.63, 3.8) is 0 Å². The molecule has 0 aliphatic heterocycles. The molecule has 0 spiro atoms. The van der Waals surface area contributed by atoms with Crippen LogP contribution in [0.15, 0.2) is 36.5 Å². The molecule has 5 heteroatoms. The molecular formula is C16H22N4O. The van der Waals surface area contributed by atoms with Gasteiger partial charge in [-0.3, -0.25) is 9.48 Å². The molecule has 112 valence electrons. The quantitative estimate of drug-likeness (QED) is 0.820. The topological polar surface area (TPSA) is 59.0 Å². The molecule has 0 aliphatic rings. The van der Waals surface area contributed by atoms with Gasteiger partial charge in [-0.1, -0.05) is 19.1 Å². The number of carbonyl (C=O) groups is 1. The molecule has 0 bridgehead atoms. The number of nitrogens with one attached hydrogen (secondary N) is 2. The fraction of sp³-hybridized carbons (Fsp3) is 0.375. The fourth-order valence-corrected chi connectivity index (χ4v) is 2.09. The number of hydrogen-bond acceptors (Lipinski definition) is 3. The van der Waals surface area contributed by atoms with Crippen LogP contribution >= 0.6 is 0 Å². The van der Waals surface area contributed by atoms with Crippen molar-refractivity contribution in [3.8, 4) is 0 Å². The van der Waals surface area contributed by atoms with Gasteiger partial charge in [-0.25, -0.2) is 0 Å². The van der Waals surface area contributed by atoms with Crippen molar-refractivity contribution in [2.24, 2.45) is 7.05 Å². The van der Waals surface area contributed by atoms with Crippen LogP contribution in [-0.2, 0) is 13.5 Å². The van der Waals surface area contributed by atoms with E-state index in [1.807, 2.05) is 43.6 Å². The minimum Gasteiger partial charge on any atom is -0.384 e. The van der Waals surface area contributed by atoms with Crippen molar-refractivity contribution in [3.05, 3.63) is 47.8 Å². The highest BCUT2D eigenvalue weighted by atomic mass is 16.1. The van der Waals surface area contributed by atoms with Crippen molar-refractivity contribution >= 4 is 11.6 Å². The summed E-state index contributed by atoms with van der Waals surface area (Å²) in [5, 5.41) is 10.5. The van der Waals surface area contributed by atoms with Gasteiger partial charge in [0.2, 0.25) is 0 Å². The molecule has 1 aromatic carbocycles. The van der Waals surface area contributed by atoms with E-state index < -0.39 is 0 Å². The Labute approximate surface area is 125 Å². The minimum atomic E-state index is -0.0508. The van der Waals surface area contributed by atoms with Crippen LogP contribution in [0.5, 0.6) is 0 Å². The van der Waals surface area contributed by atoms with Gasteiger partial charge < -0.3 is 10.6 Å². The minimum absolute atomic E-state index is 0.0508.